The van der Waals surface area contributed by atoms with Gasteiger partial charge in [0.15, 0.2) is 0 Å². The van der Waals surface area contributed by atoms with Gasteiger partial charge in [0.2, 0.25) is 0 Å². The van der Waals surface area contributed by atoms with Gasteiger partial charge in [-0.3, -0.25) is 0 Å². The predicted octanol–water partition coefficient (Wildman–Crippen LogP) is 5.14. The van der Waals surface area contributed by atoms with E-state index in [0.717, 1.165) is 41.4 Å². The molecule has 2 heterocycles. The first-order valence-corrected chi connectivity index (χ1v) is 8.57. The number of rotatable bonds is 6. The van der Waals surface area contributed by atoms with Crippen LogP contribution in [-0.4, -0.2) is 27.2 Å². The van der Waals surface area contributed by atoms with Crippen molar-refractivity contribution >= 4 is 33.3 Å². The molecule has 0 atom stereocenters. The van der Waals surface area contributed by atoms with E-state index in [-0.39, 0.29) is 0 Å². The first-order valence-electron chi connectivity index (χ1n) is 8.57. The van der Waals surface area contributed by atoms with E-state index in [1.54, 1.807) is 12.5 Å². The standard InChI is InChI=1S/C21H22N2O2/c1-22(18-6-7-20-17(14-18)9-13-24-20)10-3-11-23(2)19-5-4-16-8-12-25-21(16)15-19/h4-9,12-15H,3,10-11H2,1-2H3. The molecule has 4 rings (SSSR count). The highest BCUT2D eigenvalue weighted by molar-refractivity contribution is 5.82. The molecular formula is C21H22N2O2. The molecular weight excluding hydrogens is 312 g/mol. The minimum absolute atomic E-state index is 0.935. The molecule has 4 aromatic rings. The quantitative estimate of drug-likeness (QED) is 0.489. The summed E-state index contributed by atoms with van der Waals surface area (Å²) in [7, 11) is 4.26. The van der Waals surface area contributed by atoms with Gasteiger partial charge in [-0.05, 0) is 48.9 Å². The van der Waals surface area contributed by atoms with Crippen molar-refractivity contribution in [2.75, 3.05) is 37.0 Å². The summed E-state index contributed by atoms with van der Waals surface area (Å²) in [5, 5.41) is 2.29. The Hall–Kier alpha value is -2.88. The second kappa shape index (κ2) is 6.55. The van der Waals surface area contributed by atoms with E-state index in [1.165, 1.54) is 11.4 Å². The van der Waals surface area contributed by atoms with Gasteiger partial charge in [0.1, 0.15) is 11.2 Å². The second-order valence-electron chi connectivity index (χ2n) is 6.48. The molecule has 0 spiro atoms. The summed E-state index contributed by atoms with van der Waals surface area (Å²) < 4.78 is 10.9. The number of anilines is 2. The van der Waals surface area contributed by atoms with Crippen LogP contribution < -0.4 is 9.80 Å². The minimum atomic E-state index is 0.935. The van der Waals surface area contributed by atoms with Crippen LogP contribution in [0.3, 0.4) is 0 Å². The molecule has 0 aliphatic heterocycles. The maximum Gasteiger partial charge on any atom is 0.135 e. The summed E-state index contributed by atoms with van der Waals surface area (Å²) in [6.45, 7) is 1.99. The highest BCUT2D eigenvalue weighted by Gasteiger charge is 2.07. The Labute approximate surface area is 147 Å². The Morgan fingerprint density at radius 3 is 2.12 bits per heavy atom. The van der Waals surface area contributed by atoms with Crippen LogP contribution in [0, 0.1) is 0 Å². The molecule has 0 saturated carbocycles. The van der Waals surface area contributed by atoms with Gasteiger partial charge in [-0.2, -0.15) is 0 Å². The highest BCUT2D eigenvalue weighted by atomic mass is 16.3. The van der Waals surface area contributed by atoms with Crippen LogP contribution in [0.5, 0.6) is 0 Å². The van der Waals surface area contributed by atoms with Gasteiger partial charge in [-0.15, -0.1) is 0 Å². The van der Waals surface area contributed by atoms with Gasteiger partial charge in [-0.25, -0.2) is 0 Å². The molecule has 0 fully saturated rings. The normalized spacial score (nSPS) is 11.3. The van der Waals surface area contributed by atoms with Crippen molar-refractivity contribution in [3.05, 3.63) is 61.1 Å². The number of nitrogens with zero attached hydrogens (tertiary/aromatic N) is 2. The van der Waals surface area contributed by atoms with E-state index in [2.05, 4.69) is 54.2 Å². The van der Waals surface area contributed by atoms with Crippen LogP contribution in [0.1, 0.15) is 6.42 Å². The van der Waals surface area contributed by atoms with Gasteiger partial charge in [-0.1, -0.05) is 0 Å². The molecule has 0 N–H and O–H groups in total. The topological polar surface area (TPSA) is 32.8 Å². The molecule has 2 aromatic carbocycles. The second-order valence-corrected chi connectivity index (χ2v) is 6.48. The Morgan fingerprint density at radius 1 is 0.680 bits per heavy atom. The zero-order valence-electron chi connectivity index (χ0n) is 14.6. The molecule has 0 aliphatic carbocycles. The van der Waals surface area contributed by atoms with Crippen LogP contribution >= 0.6 is 0 Å². The maximum atomic E-state index is 5.50. The molecule has 0 aliphatic rings. The van der Waals surface area contributed by atoms with E-state index in [0.29, 0.717) is 0 Å². The van der Waals surface area contributed by atoms with Gasteiger partial charge in [0.25, 0.3) is 0 Å². The summed E-state index contributed by atoms with van der Waals surface area (Å²) in [6.07, 6.45) is 4.55. The van der Waals surface area contributed by atoms with Crippen LogP contribution in [0.4, 0.5) is 11.4 Å². The van der Waals surface area contributed by atoms with Gasteiger partial charge in [0, 0.05) is 55.4 Å². The average molecular weight is 334 g/mol. The average Bonchev–Trinajstić information content (AvgIpc) is 3.28. The molecule has 128 valence electrons. The Kier molecular flexibility index (Phi) is 4.10. The third-order valence-electron chi connectivity index (χ3n) is 4.74. The van der Waals surface area contributed by atoms with Crippen molar-refractivity contribution < 1.29 is 8.83 Å². The van der Waals surface area contributed by atoms with Crippen LogP contribution in [-0.2, 0) is 0 Å². The van der Waals surface area contributed by atoms with Gasteiger partial charge >= 0.3 is 0 Å². The van der Waals surface area contributed by atoms with Crippen molar-refractivity contribution in [3.63, 3.8) is 0 Å². The summed E-state index contributed by atoms with van der Waals surface area (Å²) in [5.74, 6) is 0. The van der Waals surface area contributed by atoms with Crippen LogP contribution in [0.25, 0.3) is 21.9 Å². The Bertz CT molecular complexity index is 906. The molecule has 0 saturated heterocycles. The lowest BCUT2D eigenvalue weighted by Crippen LogP contribution is -2.25. The third kappa shape index (κ3) is 3.20. The van der Waals surface area contributed by atoms with E-state index in [4.69, 9.17) is 8.83 Å². The van der Waals surface area contributed by atoms with Crippen molar-refractivity contribution in [3.8, 4) is 0 Å². The summed E-state index contributed by atoms with van der Waals surface area (Å²) in [5.41, 5.74) is 4.28. The van der Waals surface area contributed by atoms with E-state index in [9.17, 15) is 0 Å². The molecule has 0 unspecified atom stereocenters. The number of furan rings is 2. The van der Waals surface area contributed by atoms with Gasteiger partial charge in [0.05, 0.1) is 12.5 Å². The smallest absolute Gasteiger partial charge is 0.135 e. The molecule has 2 aromatic heterocycles. The fourth-order valence-electron chi connectivity index (χ4n) is 3.18. The summed E-state index contributed by atoms with van der Waals surface area (Å²) >= 11 is 0. The summed E-state index contributed by atoms with van der Waals surface area (Å²) in [6, 6.07) is 16.7. The zero-order valence-corrected chi connectivity index (χ0v) is 14.6. The van der Waals surface area contributed by atoms with E-state index < -0.39 is 0 Å². The predicted molar refractivity (Wildman–Crippen MR) is 104 cm³/mol. The highest BCUT2D eigenvalue weighted by Crippen LogP contribution is 2.24. The van der Waals surface area contributed by atoms with Crippen molar-refractivity contribution in [1.82, 2.24) is 0 Å². The minimum Gasteiger partial charge on any atom is -0.464 e. The molecule has 4 heteroatoms. The molecule has 0 amide bonds. The maximum absolute atomic E-state index is 5.50. The zero-order chi connectivity index (χ0) is 17.2. The fourth-order valence-corrected chi connectivity index (χ4v) is 3.18. The van der Waals surface area contributed by atoms with Crippen molar-refractivity contribution in [2.45, 2.75) is 6.42 Å². The number of hydrogen-bond donors (Lipinski definition) is 0. The largest absolute Gasteiger partial charge is 0.464 e. The van der Waals surface area contributed by atoms with E-state index >= 15 is 0 Å². The monoisotopic (exact) mass is 334 g/mol. The molecule has 25 heavy (non-hydrogen) atoms. The molecule has 4 nitrogen and oxygen atoms in total. The number of benzene rings is 2. The van der Waals surface area contributed by atoms with Crippen LogP contribution in [0.15, 0.2) is 69.9 Å². The summed E-state index contributed by atoms with van der Waals surface area (Å²) in [4.78, 5) is 4.56. The number of hydrogen-bond acceptors (Lipinski definition) is 4. The number of fused-ring (bicyclic) bond motifs is 2. The lowest BCUT2D eigenvalue weighted by Gasteiger charge is -2.23. The van der Waals surface area contributed by atoms with E-state index in [1.807, 2.05) is 18.2 Å². The van der Waals surface area contributed by atoms with Gasteiger partial charge < -0.3 is 18.6 Å². The molecule has 0 bridgehead atoms. The SMILES string of the molecule is CN(CCCN(C)c1ccc2ccoc2c1)c1ccc2occc2c1. The van der Waals surface area contributed by atoms with Crippen molar-refractivity contribution in [2.24, 2.45) is 0 Å². The Morgan fingerprint density at radius 2 is 1.32 bits per heavy atom. The first kappa shape index (κ1) is 15.6. The fraction of sp³-hybridized carbons (Fsp3) is 0.238. The third-order valence-corrected chi connectivity index (χ3v) is 4.74. The Balaban J connectivity index is 1.35. The lowest BCUT2D eigenvalue weighted by atomic mass is 10.2. The van der Waals surface area contributed by atoms with Crippen LogP contribution in [0.2, 0.25) is 0 Å². The van der Waals surface area contributed by atoms with Crippen molar-refractivity contribution in [1.29, 1.82) is 0 Å². The molecule has 0 radical (unpaired) electrons. The first-order chi connectivity index (χ1) is 12.2. The lowest BCUT2D eigenvalue weighted by molar-refractivity contribution is 0.615.